The average Bonchev–Trinajstić information content (AvgIpc) is 2.83. The number of methoxy groups -OCH3 is 3. The van der Waals surface area contributed by atoms with E-state index in [-0.39, 0.29) is 28.7 Å². The summed E-state index contributed by atoms with van der Waals surface area (Å²) in [7, 11) is 3.87. The Morgan fingerprint density at radius 1 is 0.788 bits per heavy atom. The summed E-state index contributed by atoms with van der Waals surface area (Å²) < 4.78 is 15.5. The predicted molar refractivity (Wildman–Crippen MR) is 122 cm³/mol. The van der Waals surface area contributed by atoms with Crippen molar-refractivity contribution in [2.24, 2.45) is 0 Å². The first-order chi connectivity index (χ1) is 15.9. The van der Waals surface area contributed by atoms with Crippen molar-refractivity contribution in [2.75, 3.05) is 32.0 Å². The molecule has 0 saturated heterocycles. The van der Waals surface area contributed by atoms with Crippen LogP contribution in [0.4, 0.5) is 17.1 Å². The third-order valence-corrected chi connectivity index (χ3v) is 4.65. The highest BCUT2D eigenvalue weighted by Gasteiger charge is 2.32. The molecule has 170 valence electrons. The number of hydrogen-bond donors (Lipinski definition) is 2. The first-order valence-electron chi connectivity index (χ1n) is 9.64. The lowest BCUT2D eigenvalue weighted by Gasteiger charge is -2.15. The second kappa shape index (κ2) is 10.1. The highest BCUT2D eigenvalue weighted by atomic mass is 16.6. The number of ether oxygens (including phenoxy) is 3. The fourth-order valence-electron chi connectivity index (χ4n) is 3.16. The van der Waals surface area contributed by atoms with E-state index in [4.69, 9.17) is 14.2 Å². The number of anilines is 2. The van der Waals surface area contributed by atoms with Crippen molar-refractivity contribution in [2.45, 2.75) is 0 Å². The Balaban J connectivity index is 1.91. The zero-order valence-electron chi connectivity index (χ0n) is 18.1. The fraction of sp³-hybridized carbons (Fsp3) is 0.130. The Labute approximate surface area is 189 Å². The van der Waals surface area contributed by atoms with Crippen molar-refractivity contribution in [3.05, 3.63) is 81.9 Å². The number of nitrogens with zero attached hydrogens (tertiary/aromatic N) is 1. The van der Waals surface area contributed by atoms with Crippen molar-refractivity contribution in [1.82, 2.24) is 0 Å². The molecule has 10 heteroatoms. The van der Waals surface area contributed by atoms with Gasteiger partial charge in [0.25, 0.3) is 11.8 Å². The molecule has 3 aromatic rings. The van der Waals surface area contributed by atoms with Crippen LogP contribution in [0.5, 0.6) is 17.2 Å². The molecule has 0 atom stereocenters. The Kier molecular flexibility index (Phi) is 7.09. The summed E-state index contributed by atoms with van der Waals surface area (Å²) in [6, 6.07) is 16.2. The molecule has 0 heterocycles. The summed E-state index contributed by atoms with van der Waals surface area (Å²) in [4.78, 5) is 36.4. The zero-order chi connectivity index (χ0) is 24.0. The van der Waals surface area contributed by atoms with Crippen molar-refractivity contribution in [1.29, 1.82) is 0 Å². The minimum atomic E-state index is -0.771. The summed E-state index contributed by atoms with van der Waals surface area (Å²) in [6.07, 6.45) is 0. The van der Waals surface area contributed by atoms with Crippen molar-refractivity contribution in [3.8, 4) is 17.2 Å². The van der Waals surface area contributed by atoms with E-state index >= 15 is 0 Å². The second-order valence-corrected chi connectivity index (χ2v) is 6.65. The maximum Gasteiger partial charge on any atom is 0.327 e. The van der Waals surface area contributed by atoms with Gasteiger partial charge in [0.15, 0.2) is 5.75 Å². The third-order valence-electron chi connectivity index (χ3n) is 4.65. The van der Waals surface area contributed by atoms with Gasteiger partial charge in [-0.2, -0.15) is 0 Å². The second-order valence-electron chi connectivity index (χ2n) is 6.65. The summed E-state index contributed by atoms with van der Waals surface area (Å²) in [5.74, 6) is -1.24. The van der Waals surface area contributed by atoms with Crippen LogP contribution in [0, 0.1) is 10.1 Å². The Morgan fingerprint density at radius 2 is 1.39 bits per heavy atom. The molecule has 0 fully saturated rings. The van der Waals surface area contributed by atoms with Crippen LogP contribution in [0.25, 0.3) is 0 Å². The van der Waals surface area contributed by atoms with Gasteiger partial charge in [0, 0.05) is 23.0 Å². The molecule has 2 N–H and O–H groups in total. The van der Waals surface area contributed by atoms with E-state index in [2.05, 4.69) is 10.6 Å². The quantitative estimate of drug-likeness (QED) is 0.389. The maximum atomic E-state index is 13.0. The van der Waals surface area contributed by atoms with Gasteiger partial charge in [-0.3, -0.25) is 19.7 Å². The molecule has 33 heavy (non-hydrogen) atoms. The van der Waals surface area contributed by atoms with Crippen LogP contribution in [0.2, 0.25) is 0 Å². The van der Waals surface area contributed by atoms with E-state index in [9.17, 15) is 19.7 Å². The average molecular weight is 451 g/mol. The van der Waals surface area contributed by atoms with Gasteiger partial charge in [0.05, 0.1) is 26.3 Å². The number of hydrogen-bond acceptors (Lipinski definition) is 7. The van der Waals surface area contributed by atoms with Crippen LogP contribution in [0.1, 0.15) is 20.7 Å². The first-order valence-corrected chi connectivity index (χ1v) is 9.64. The van der Waals surface area contributed by atoms with E-state index in [1.54, 1.807) is 48.5 Å². The number of carbonyl (C=O) groups excluding carboxylic acids is 2. The highest BCUT2D eigenvalue weighted by molar-refractivity contribution is 6.09. The highest BCUT2D eigenvalue weighted by Crippen LogP contribution is 2.46. The molecule has 0 saturated carbocycles. The molecule has 0 aliphatic heterocycles. The van der Waals surface area contributed by atoms with E-state index in [0.717, 1.165) is 0 Å². The Morgan fingerprint density at radius 3 is 1.94 bits per heavy atom. The van der Waals surface area contributed by atoms with Crippen LogP contribution in [0.3, 0.4) is 0 Å². The van der Waals surface area contributed by atoms with E-state index in [1.165, 1.54) is 33.5 Å². The molecular weight excluding hydrogens is 430 g/mol. The van der Waals surface area contributed by atoms with E-state index in [0.29, 0.717) is 16.9 Å². The standard InChI is InChI=1S/C23H21N3O7/c1-31-18-13-17(19(26(29)30)21(33-3)20(18)32-2)23(28)25-16-11-7-10-15(12-16)24-22(27)14-8-5-4-6-9-14/h4-13H,1-3H3,(H,24,27)(H,25,28). The number of rotatable bonds is 8. The molecule has 0 aliphatic carbocycles. The Hall–Kier alpha value is -4.60. The number of nitrogens with one attached hydrogen (secondary N) is 2. The van der Waals surface area contributed by atoms with Gasteiger partial charge in [0.1, 0.15) is 5.56 Å². The van der Waals surface area contributed by atoms with Crippen molar-refractivity contribution in [3.63, 3.8) is 0 Å². The summed E-state index contributed by atoms with van der Waals surface area (Å²) in [5, 5.41) is 17.1. The topological polar surface area (TPSA) is 129 Å². The number of amides is 2. The molecule has 2 amide bonds. The molecule has 3 rings (SSSR count). The van der Waals surface area contributed by atoms with Gasteiger partial charge in [-0.1, -0.05) is 24.3 Å². The smallest absolute Gasteiger partial charge is 0.327 e. The van der Waals surface area contributed by atoms with Gasteiger partial charge < -0.3 is 24.8 Å². The molecule has 3 aromatic carbocycles. The normalized spacial score (nSPS) is 10.2. The molecule has 0 radical (unpaired) electrons. The molecule has 0 aromatic heterocycles. The lowest BCUT2D eigenvalue weighted by Crippen LogP contribution is -2.16. The van der Waals surface area contributed by atoms with Crippen LogP contribution < -0.4 is 24.8 Å². The van der Waals surface area contributed by atoms with E-state index < -0.39 is 16.5 Å². The molecule has 0 aliphatic rings. The first kappa shape index (κ1) is 23.1. The predicted octanol–water partition coefficient (Wildman–Crippen LogP) is 4.13. The van der Waals surface area contributed by atoms with Gasteiger partial charge >= 0.3 is 5.69 Å². The molecule has 0 unspecified atom stereocenters. The largest absolute Gasteiger partial charge is 0.493 e. The lowest BCUT2D eigenvalue weighted by atomic mass is 10.1. The number of nitro benzene ring substituents is 1. The number of carbonyl (C=O) groups is 2. The molecule has 0 spiro atoms. The fourth-order valence-corrected chi connectivity index (χ4v) is 3.16. The number of nitro groups is 1. The SMILES string of the molecule is COc1cc(C(=O)Nc2cccc(NC(=O)c3ccccc3)c2)c([N+](=O)[O-])c(OC)c1OC. The summed E-state index contributed by atoms with van der Waals surface area (Å²) in [6.45, 7) is 0. The summed E-state index contributed by atoms with van der Waals surface area (Å²) >= 11 is 0. The van der Waals surface area contributed by atoms with E-state index in [1.807, 2.05) is 0 Å². The van der Waals surface area contributed by atoms with Gasteiger partial charge in [0.2, 0.25) is 11.5 Å². The van der Waals surface area contributed by atoms with Crippen LogP contribution >= 0.6 is 0 Å². The lowest BCUT2D eigenvalue weighted by molar-refractivity contribution is -0.386. The van der Waals surface area contributed by atoms with Crippen LogP contribution in [0.15, 0.2) is 60.7 Å². The molecular formula is C23H21N3O7. The van der Waals surface area contributed by atoms with Crippen LogP contribution in [-0.4, -0.2) is 38.1 Å². The number of benzene rings is 3. The Bertz CT molecular complexity index is 1200. The maximum absolute atomic E-state index is 13.0. The zero-order valence-corrected chi connectivity index (χ0v) is 18.1. The van der Waals surface area contributed by atoms with Gasteiger partial charge in [-0.25, -0.2) is 0 Å². The molecule has 10 nitrogen and oxygen atoms in total. The van der Waals surface area contributed by atoms with Gasteiger partial charge in [-0.15, -0.1) is 0 Å². The molecule has 0 bridgehead atoms. The monoisotopic (exact) mass is 451 g/mol. The van der Waals surface area contributed by atoms with Crippen LogP contribution in [-0.2, 0) is 0 Å². The van der Waals surface area contributed by atoms with Crippen molar-refractivity contribution < 1.29 is 28.7 Å². The van der Waals surface area contributed by atoms with Gasteiger partial charge in [-0.05, 0) is 30.3 Å². The minimum absolute atomic E-state index is 0.00567. The third kappa shape index (κ3) is 5.01. The summed E-state index contributed by atoms with van der Waals surface area (Å²) in [5.41, 5.74) is 0.365. The van der Waals surface area contributed by atoms with Crippen molar-refractivity contribution >= 4 is 28.9 Å². The minimum Gasteiger partial charge on any atom is -0.493 e.